The first-order valence-electron chi connectivity index (χ1n) is 5.79. The molecule has 17 heavy (non-hydrogen) atoms. The Kier molecular flexibility index (Phi) is 3.84. The quantitative estimate of drug-likeness (QED) is 0.853. The second kappa shape index (κ2) is 5.19. The lowest BCUT2D eigenvalue weighted by atomic mass is 9.95. The molecule has 0 radical (unpaired) electrons. The molecule has 0 spiro atoms. The average Bonchev–Trinajstić information content (AvgIpc) is 2.32. The van der Waals surface area contributed by atoms with Gasteiger partial charge < -0.3 is 10.0 Å². The van der Waals surface area contributed by atoms with Crippen molar-refractivity contribution in [1.82, 2.24) is 0 Å². The SMILES string of the molecule is CC1CCN(c2ccc(C=O)c(Br)c2)CC1O. The van der Waals surface area contributed by atoms with Gasteiger partial charge in [0.05, 0.1) is 6.10 Å². The predicted octanol–water partition coefficient (Wildman–Crippen LogP) is 2.47. The molecule has 1 N–H and O–H groups in total. The van der Waals surface area contributed by atoms with Gasteiger partial charge in [-0.15, -0.1) is 0 Å². The van der Waals surface area contributed by atoms with Crippen LogP contribution in [0.25, 0.3) is 0 Å². The molecule has 2 atom stereocenters. The van der Waals surface area contributed by atoms with Gasteiger partial charge >= 0.3 is 0 Å². The summed E-state index contributed by atoms with van der Waals surface area (Å²) in [5, 5.41) is 9.87. The maximum atomic E-state index is 10.7. The standard InChI is InChI=1S/C13H16BrNO2/c1-9-4-5-15(7-13(9)17)11-3-2-10(8-16)12(14)6-11/h2-3,6,8-9,13,17H,4-5,7H2,1H3. The van der Waals surface area contributed by atoms with Gasteiger partial charge in [-0.1, -0.05) is 6.92 Å². The summed E-state index contributed by atoms with van der Waals surface area (Å²) in [6.45, 7) is 3.69. The van der Waals surface area contributed by atoms with Crippen molar-refractivity contribution in [1.29, 1.82) is 0 Å². The van der Waals surface area contributed by atoms with Crippen LogP contribution in [0.5, 0.6) is 0 Å². The number of carbonyl (C=O) groups is 1. The van der Waals surface area contributed by atoms with Gasteiger partial charge in [0.1, 0.15) is 0 Å². The van der Waals surface area contributed by atoms with Crippen molar-refractivity contribution in [3.63, 3.8) is 0 Å². The monoisotopic (exact) mass is 297 g/mol. The summed E-state index contributed by atoms with van der Waals surface area (Å²) < 4.78 is 0.804. The van der Waals surface area contributed by atoms with Crippen molar-refractivity contribution < 1.29 is 9.90 Å². The number of hydrogen-bond donors (Lipinski definition) is 1. The maximum absolute atomic E-state index is 10.7. The molecule has 1 heterocycles. The summed E-state index contributed by atoms with van der Waals surface area (Å²) in [5.41, 5.74) is 1.70. The first kappa shape index (κ1) is 12.6. The number of anilines is 1. The minimum Gasteiger partial charge on any atom is -0.391 e. The number of halogens is 1. The molecular weight excluding hydrogens is 282 g/mol. The van der Waals surface area contributed by atoms with E-state index in [1.54, 1.807) is 6.07 Å². The van der Waals surface area contributed by atoms with Crippen molar-refractivity contribution in [3.05, 3.63) is 28.2 Å². The van der Waals surface area contributed by atoms with Crippen molar-refractivity contribution in [2.75, 3.05) is 18.0 Å². The molecule has 92 valence electrons. The van der Waals surface area contributed by atoms with Crippen molar-refractivity contribution in [3.8, 4) is 0 Å². The van der Waals surface area contributed by atoms with Crippen LogP contribution in [0.2, 0.25) is 0 Å². The summed E-state index contributed by atoms with van der Waals surface area (Å²) in [4.78, 5) is 12.9. The van der Waals surface area contributed by atoms with Crippen LogP contribution < -0.4 is 4.90 Å². The van der Waals surface area contributed by atoms with Crippen LogP contribution >= 0.6 is 15.9 Å². The molecule has 0 saturated carbocycles. The van der Waals surface area contributed by atoms with Crippen LogP contribution in [-0.2, 0) is 0 Å². The van der Waals surface area contributed by atoms with Gasteiger partial charge in [0, 0.05) is 28.8 Å². The van der Waals surface area contributed by atoms with E-state index in [2.05, 4.69) is 27.8 Å². The fraction of sp³-hybridized carbons (Fsp3) is 0.462. The van der Waals surface area contributed by atoms with Gasteiger partial charge in [-0.25, -0.2) is 0 Å². The van der Waals surface area contributed by atoms with Crippen LogP contribution in [0, 0.1) is 5.92 Å². The Bertz CT molecular complexity index is 422. The first-order valence-corrected chi connectivity index (χ1v) is 6.59. The third-order valence-corrected chi connectivity index (χ3v) is 4.08. The first-order chi connectivity index (χ1) is 8.11. The lowest BCUT2D eigenvalue weighted by Crippen LogP contribution is -2.42. The summed E-state index contributed by atoms with van der Waals surface area (Å²) in [5.74, 6) is 0.365. The number of hydrogen-bond acceptors (Lipinski definition) is 3. The highest BCUT2D eigenvalue weighted by Crippen LogP contribution is 2.27. The van der Waals surface area contributed by atoms with E-state index in [4.69, 9.17) is 0 Å². The lowest BCUT2D eigenvalue weighted by molar-refractivity contribution is 0.103. The summed E-state index contributed by atoms with van der Waals surface area (Å²) >= 11 is 3.38. The van der Waals surface area contributed by atoms with E-state index in [-0.39, 0.29) is 6.10 Å². The fourth-order valence-electron chi connectivity index (χ4n) is 2.09. The number of aldehydes is 1. The van der Waals surface area contributed by atoms with Gasteiger partial charge in [-0.05, 0) is 46.5 Å². The van der Waals surface area contributed by atoms with E-state index in [0.717, 1.165) is 29.4 Å². The minimum atomic E-state index is -0.270. The molecule has 0 bridgehead atoms. The number of benzene rings is 1. The normalized spacial score (nSPS) is 24.8. The van der Waals surface area contributed by atoms with E-state index >= 15 is 0 Å². The number of rotatable bonds is 2. The third-order valence-electron chi connectivity index (χ3n) is 3.39. The highest BCUT2D eigenvalue weighted by atomic mass is 79.9. The number of aliphatic hydroxyl groups is 1. The van der Waals surface area contributed by atoms with Crippen LogP contribution in [0.4, 0.5) is 5.69 Å². The van der Waals surface area contributed by atoms with E-state index in [0.29, 0.717) is 18.0 Å². The largest absolute Gasteiger partial charge is 0.391 e. The van der Waals surface area contributed by atoms with Crippen LogP contribution in [0.1, 0.15) is 23.7 Å². The Labute approximate surface area is 110 Å². The van der Waals surface area contributed by atoms with E-state index in [1.807, 2.05) is 12.1 Å². The van der Waals surface area contributed by atoms with Gasteiger partial charge in [-0.2, -0.15) is 0 Å². The Morgan fingerprint density at radius 1 is 1.53 bits per heavy atom. The zero-order valence-electron chi connectivity index (χ0n) is 9.77. The van der Waals surface area contributed by atoms with Gasteiger partial charge in [-0.3, -0.25) is 4.79 Å². The molecule has 2 rings (SSSR count). The second-order valence-electron chi connectivity index (χ2n) is 4.60. The maximum Gasteiger partial charge on any atom is 0.151 e. The Balaban J connectivity index is 2.18. The fourth-order valence-corrected chi connectivity index (χ4v) is 2.55. The molecule has 4 heteroatoms. The molecule has 0 aliphatic carbocycles. The Morgan fingerprint density at radius 2 is 2.29 bits per heavy atom. The summed E-state index contributed by atoms with van der Waals surface area (Å²) in [6, 6.07) is 5.67. The zero-order valence-corrected chi connectivity index (χ0v) is 11.4. The average molecular weight is 298 g/mol. The minimum absolute atomic E-state index is 0.270. The van der Waals surface area contributed by atoms with E-state index < -0.39 is 0 Å². The zero-order chi connectivity index (χ0) is 12.4. The second-order valence-corrected chi connectivity index (χ2v) is 5.46. The lowest BCUT2D eigenvalue weighted by Gasteiger charge is -2.36. The van der Waals surface area contributed by atoms with Crippen molar-refractivity contribution in [2.24, 2.45) is 5.92 Å². The highest BCUT2D eigenvalue weighted by Gasteiger charge is 2.24. The highest BCUT2D eigenvalue weighted by molar-refractivity contribution is 9.10. The molecule has 1 fully saturated rings. The van der Waals surface area contributed by atoms with Crippen LogP contribution in [0.15, 0.2) is 22.7 Å². The summed E-state index contributed by atoms with van der Waals surface area (Å²) in [7, 11) is 0. The number of aliphatic hydroxyl groups excluding tert-OH is 1. The molecular formula is C13H16BrNO2. The van der Waals surface area contributed by atoms with Gasteiger partial charge in [0.2, 0.25) is 0 Å². The van der Waals surface area contributed by atoms with E-state index in [9.17, 15) is 9.90 Å². The topological polar surface area (TPSA) is 40.5 Å². The number of nitrogens with zero attached hydrogens (tertiary/aromatic N) is 1. The number of β-amino-alcohol motifs (C(OH)–C–C–N with tert-alkyl or cyclic N) is 1. The third kappa shape index (κ3) is 2.69. The van der Waals surface area contributed by atoms with Crippen molar-refractivity contribution >= 4 is 27.9 Å². The number of carbonyl (C=O) groups excluding carboxylic acids is 1. The van der Waals surface area contributed by atoms with Gasteiger partial charge in [0.25, 0.3) is 0 Å². The Hall–Kier alpha value is -0.870. The molecule has 2 unspecified atom stereocenters. The van der Waals surface area contributed by atoms with Gasteiger partial charge in [0.15, 0.2) is 6.29 Å². The molecule has 1 saturated heterocycles. The molecule has 3 nitrogen and oxygen atoms in total. The smallest absolute Gasteiger partial charge is 0.151 e. The Morgan fingerprint density at radius 3 is 2.88 bits per heavy atom. The molecule has 1 aromatic rings. The molecule has 1 aromatic carbocycles. The molecule has 1 aliphatic rings. The summed E-state index contributed by atoms with van der Waals surface area (Å²) in [6.07, 6.45) is 1.56. The van der Waals surface area contributed by atoms with Crippen molar-refractivity contribution in [2.45, 2.75) is 19.4 Å². The molecule has 0 aromatic heterocycles. The number of piperidine rings is 1. The van der Waals surface area contributed by atoms with Crippen LogP contribution in [-0.4, -0.2) is 30.6 Å². The molecule has 0 amide bonds. The van der Waals surface area contributed by atoms with Crippen LogP contribution in [0.3, 0.4) is 0 Å². The van der Waals surface area contributed by atoms with E-state index in [1.165, 1.54) is 0 Å². The molecule has 1 aliphatic heterocycles. The predicted molar refractivity (Wildman–Crippen MR) is 71.5 cm³/mol.